The highest BCUT2D eigenvalue weighted by Gasteiger charge is 2.29. The minimum atomic E-state index is -4.05. The summed E-state index contributed by atoms with van der Waals surface area (Å²) in [4.78, 5) is 12.8. The standard InChI is InChI=1S/C25H27N3O5S/c1-3-32-21-16-14-20(15-17-21)18-26-27-25(29)19-28(23-12-8-9-13-24(23)33-4-2)34(30,31)22-10-6-5-7-11-22/h5-18H,3-4,19H2,1-2H3,(H,27,29)/b26-18-. The van der Waals surface area contributed by atoms with Gasteiger partial charge in [-0.15, -0.1) is 0 Å². The van der Waals surface area contributed by atoms with Gasteiger partial charge in [-0.2, -0.15) is 5.10 Å². The first kappa shape index (κ1) is 24.8. The Morgan fingerprint density at radius 2 is 1.56 bits per heavy atom. The van der Waals surface area contributed by atoms with Gasteiger partial charge < -0.3 is 9.47 Å². The Bertz CT molecular complexity index is 1210. The lowest BCUT2D eigenvalue weighted by molar-refractivity contribution is -0.119. The van der Waals surface area contributed by atoms with E-state index in [9.17, 15) is 13.2 Å². The molecule has 0 spiro atoms. The van der Waals surface area contributed by atoms with Crippen LogP contribution in [0.5, 0.6) is 11.5 Å². The van der Waals surface area contributed by atoms with Crippen molar-refractivity contribution in [3.05, 3.63) is 84.4 Å². The van der Waals surface area contributed by atoms with E-state index in [-0.39, 0.29) is 10.6 Å². The molecule has 3 rings (SSSR count). The molecule has 8 nitrogen and oxygen atoms in total. The Morgan fingerprint density at radius 1 is 0.912 bits per heavy atom. The molecule has 0 aliphatic rings. The molecule has 0 bridgehead atoms. The Labute approximate surface area is 199 Å². The van der Waals surface area contributed by atoms with E-state index in [0.29, 0.717) is 19.0 Å². The fraction of sp³-hybridized carbons (Fsp3) is 0.200. The molecule has 0 aliphatic carbocycles. The first-order chi connectivity index (χ1) is 16.5. The maximum atomic E-state index is 13.4. The summed E-state index contributed by atoms with van der Waals surface area (Å²) in [7, 11) is -4.05. The molecule has 9 heteroatoms. The molecule has 3 aromatic carbocycles. The molecule has 1 N–H and O–H groups in total. The van der Waals surface area contributed by atoms with Crippen LogP contribution in [0.15, 0.2) is 88.9 Å². The SMILES string of the molecule is CCOc1ccc(/C=N\NC(=O)CN(c2ccccc2OCC)S(=O)(=O)c2ccccc2)cc1. The van der Waals surface area contributed by atoms with Gasteiger partial charge in [0.05, 0.1) is 30.0 Å². The van der Waals surface area contributed by atoms with Crippen molar-refractivity contribution in [2.75, 3.05) is 24.1 Å². The van der Waals surface area contributed by atoms with Crippen LogP contribution in [0.1, 0.15) is 19.4 Å². The number of nitrogens with one attached hydrogen (secondary N) is 1. The van der Waals surface area contributed by atoms with Crippen LogP contribution in [0, 0.1) is 0 Å². The van der Waals surface area contributed by atoms with Gasteiger partial charge in [-0.1, -0.05) is 30.3 Å². The Hall–Kier alpha value is -3.85. The zero-order valence-corrected chi connectivity index (χ0v) is 19.9. The molecule has 0 atom stereocenters. The number of anilines is 1. The van der Waals surface area contributed by atoms with Gasteiger partial charge in [0.2, 0.25) is 0 Å². The molecular weight excluding hydrogens is 454 g/mol. The number of para-hydroxylation sites is 2. The number of hydrazone groups is 1. The summed E-state index contributed by atoms with van der Waals surface area (Å²) in [5, 5.41) is 3.96. The number of sulfonamides is 1. The summed E-state index contributed by atoms with van der Waals surface area (Å²) in [6.07, 6.45) is 1.47. The fourth-order valence-electron chi connectivity index (χ4n) is 3.12. The molecule has 0 aromatic heterocycles. The monoisotopic (exact) mass is 481 g/mol. The summed E-state index contributed by atoms with van der Waals surface area (Å²) in [5.74, 6) is 0.488. The van der Waals surface area contributed by atoms with Gasteiger partial charge in [0.25, 0.3) is 15.9 Å². The molecule has 178 valence electrons. The molecule has 0 radical (unpaired) electrons. The highest BCUT2D eigenvalue weighted by Crippen LogP contribution is 2.32. The second-order valence-electron chi connectivity index (χ2n) is 7.02. The fourth-order valence-corrected chi connectivity index (χ4v) is 4.57. The van der Waals surface area contributed by atoms with Gasteiger partial charge in [0, 0.05) is 0 Å². The van der Waals surface area contributed by atoms with Gasteiger partial charge in [-0.05, 0) is 67.9 Å². The lowest BCUT2D eigenvalue weighted by Crippen LogP contribution is -2.39. The number of carbonyl (C=O) groups is 1. The van der Waals surface area contributed by atoms with E-state index in [0.717, 1.165) is 15.6 Å². The Balaban J connectivity index is 1.82. The second kappa shape index (κ2) is 11.9. The van der Waals surface area contributed by atoms with Crippen molar-refractivity contribution in [3.8, 4) is 11.5 Å². The highest BCUT2D eigenvalue weighted by atomic mass is 32.2. The lowest BCUT2D eigenvalue weighted by Gasteiger charge is -2.25. The van der Waals surface area contributed by atoms with E-state index < -0.39 is 22.5 Å². The number of rotatable bonds is 11. The predicted octanol–water partition coefficient (Wildman–Crippen LogP) is 3.83. The summed E-state index contributed by atoms with van der Waals surface area (Å²) in [5.41, 5.74) is 3.41. The molecule has 34 heavy (non-hydrogen) atoms. The third-order valence-corrected chi connectivity index (χ3v) is 6.42. The van der Waals surface area contributed by atoms with E-state index in [1.165, 1.54) is 18.3 Å². The number of nitrogens with zero attached hydrogens (tertiary/aromatic N) is 2. The van der Waals surface area contributed by atoms with Crippen LogP contribution < -0.4 is 19.2 Å². The average Bonchev–Trinajstić information content (AvgIpc) is 2.85. The third kappa shape index (κ3) is 6.35. The van der Waals surface area contributed by atoms with Gasteiger partial charge in [-0.3, -0.25) is 9.10 Å². The zero-order chi connectivity index (χ0) is 24.4. The quantitative estimate of drug-likeness (QED) is 0.332. The summed E-state index contributed by atoms with van der Waals surface area (Å²) >= 11 is 0. The van der Waals surface area contributed by atoms with E-state index in [1.54, 1.807) is 73.7 Å². The van der Waals surface area contributed by atoms with Gasteiger partial charge in [0.1, 0.15) is 18.0 Å². The van der Waals surface area contributed by atoms with Crippen LogP contribution >= 0.6 is 0 Å². The molecule has 0 saturated heterocycles. The topological polar surface area (TPSA) is 97.3 Å². The normalized spacial score (nSPS) is 11.2. The number of benzene rings is 3. The van der Waals surface area contributed by atoms with Crippen LogP contribution in [0.2, 0.25) is 0 Å². The van der Waals surface area contributed by atoms with E-state index in [4.69, 9.17) is 9.47 Å². The van der Waals surface area contributed by atoms with Crippen LogP contribution in [-0.4, -0.2) is 40.3 Å². The minimum absolute atomic E-state index is 0.0620. The average molecular weight is 482 g/mol. The largest absolute Gasteiger partial charge is 0.494 e. The van der Waals surface area contributed by atoms with Crippen LogP contribution in [0.3, 0.4) is 0 Å². The van der Waals surface area contributed by atoms with Crippen molar-refractivity contribution in [1.29, 1.82) is 0 Å². The number of carbonyl (C=O) groups excluding carboxylic acids is 1. The number of amides is 1. The predicted molar refractivity (Wildman–Crippen MR) is 132 cm³/mol. The Kier molecular flexibility index (Phi) is 8.64. The first-order valence-corrected chi connectivity index (χ1v) is 12.2. The van der Waals surface area contributed by atoms with Crippen LogP contribution in [0.4, 0.5) is 5.69 Å². The number of hydrogen-bond acceptors (Lipinski definition) is 6. The molecule has 0 unspecified atom stereocenters. The van der Waals surface area contributed by atoms with Gasteiger partial charge >= 0.3 is 0 Å². The van der Waals surface area contributed by atoms with Crippen molar-refractivity contribution in [2.24, 2.45) is 5.10 Å². The van der Waals surface area contributed by atoms with Gasteiger partial charge in [-0.25, -0.2) is 13.8 Å². The van der Waals surface area contributed by atoms with Crippen molar-refractivity contribution in [1.82, 2.24) is 5.43 Å². The first-order valence-electron chi connectivity index (χ1n) is 10.8. The highest BCUT2D eigenvalue weighted by molar-refractivity contribution is 7.92. The van der Waals surface area contributed by atoms with E-state index in [1.807, 2.05) is 6.92 Å². The summed E-state index contributed by atoms with van der Waals surface area (Å²) in [6, 6.07) is 21.8. The van der Waals surface area contributed by atoms with Gasteiger partial charge in [0.15, 0.2) is 0 Å². The molecule has 0 aliphatic heterocycles. The molecule has 3 aromatic rings. The minimum Gasteiger partial charge on any atom is -0.494 e. The lowest BCUT2D eigenvalue weighted by atomic mass is 10.2. The molecular formula is C25H27N3O5S. The molecule has 0 heterocycles. The van der Waals surface area contributed by atoms with Crippen molar-refractivity contribution >= 4 is 27.8 Å². The van der Waals surface area contributed by atoms with E-state index in [2.05, 4.69) is 10.5 Å². The van der Waals surface area contributed by atoms with Crippen molar-refractivity contribution in [2.45, 2.75) is 18.7 Å². The molecule has 0 fully saturated rings. The molecule has 1 amide bonds. The zero-order valence-electron chi connectivity index (χ0n) is 19.0. The number of ether oxygens (including phenoxy) is 2. The van der Waals surface area contributed by atoms with Crippen molar-refractivity contribution in [3.63, 3.8) is 0 Å². The summed E-state index contributed by atoms with van der Waals surface area (Å²) < 4.78 is 38.9. The third-order valence-electron chi connectivity index (χ3n) is 4.65. The maximum absolute atomic E-state index is 13.4. The second-order valence-corrected chi connectivity index (χ2v) is 8.88. The maximum Gasteiger partial charge on any atom is 0.264 e. The summed E-state index contributed by atoms with van der Waals surface area (Å²) in [6.45, 7) is 4.13. The smallest absolute Gasteiger partial charge is 0.264 e. The van der Waals surface area contributed by atoms with Crippen molar-refractivity contribution < 1.29 is 22.7 Å². The van der Waals surface area contributed by atoms with Crippen LogP contribution in [0.25, 0.3) is 0 Å². The number of hydrogen-bond donors (Lipinski definition) is 1. The molecule has 0 saturated carbocycles. The van der Waals surface area contributed by atoms with E-state index >= 15 is 0 Å². The Morgan fingerprint density at radius 3 is 2.24 bits per heavy atom. The van der Waals surface area contributed by atoms with Crippen LogP contribution in [-0.2, 0) is 14.8 Å².